The van der Waals surface area contributed by atoms with E-state index >= 15 is 0 Å². The fourth-order valence-corrected chi connectivity index (χ4v) is 2.70. The van der Waals surface area contributed by atoms with Crippen molar-refractivity contribution < 1.29 is 13.9 Å². The first kappa shape index (κ1) is 16.7. The average molecular weight is 359 g/mol. The van der Waals surface area contributed by atoms with Crippen molar-refractivity contribution in [3.05, 3.63) is 90.5 Å². The third-order valence-corrected chi connectivity index (χ3v) is 4.02. The summed E-state index contributed by atoms with van der Waals surface area (Å²) in [6.07, 6.45) is 3.17. The SMILES string of the molecule is O=C(Nc1cccc(-c2ccn[nH]2)c1)c1occc1COc1ccccc1. The van der Waals surface area contributed by atoms with E-state index in [1.807, 2.05) is 60.7 Å². The Morgan fingerprint density at radius 2 is 1.96 bits per heavy atom. The smallest absolute Gasteiger partial charge is 0.291 e. The molecule has 2 heterocycles. The molecule has 0 atom stereocenters. The van der Waals surface area contributed by atoms with E-state index in [1.54, 1.807) is 12.3 Å². The van der Waals surface area contributed by atoms with E-state index < -0.39 is 0 Å². The number of carbonyl (C=O) groups is 1. The van der Waals surface area contributed by atoms with Gasteiger partial charge in [0, 0.05) is 23.0 Å². The van der Waals surface area contributed by atoms with E-state index in [1.165, 1.54) is 6.26 Å². The summed E-state index contributed by atoms with van der Waals surface area (Å²) < 4.78 is 11.1. The fraction of sp³-hybridized carbons (Fsp3) is 0.0476. The van der Waals surface area contributed by atoms with E-state index in [2.05, 4.69) is 15.5 Å². The van der Waals surface area contributed by atoms with Gasteiger partial charge < -0.3 is 14.5 Å². The summed E-state index contributed by atoms with van der Waals surface area (Å²) in [6.45, 7) is 0.247. The number of carbonyl (C=O) groups excluding carboxylic acids is 1. The highest BCUT2D eigenvalue weighted by Gasteiger charge is 2.16. The minimum Gasteiger partial charge on any atom is -0.489 e. The third-order valence-electron chi connectivity index (χ3n) is 4.02. The Morgan fingerprint density at radius 3 is 2.78 bits per heavy atom. The molecule has 134 valence electrons. The van der Waals surface area contributed by atoms with Crippen LogP contribution in [0.25, 0.3) is 11.3 Å². The molecule has 0 unspecified atom stereocenters. The molecule has 27 heavy (non-hydrogen) atoms. The van der Waals surface area contributed by atoms with Crippen molar-refractivity contribution >= 4 is 11.6 Å². The highest BCUT2D eigenvalue weighted by molar-refractivity contribution is 6.03. The molecule has 0 aliphatic carbocycles. The summed E-state index contributed by atoms with van der Waals surface area (Å²) in [5.41, 5.74) is 3.15. The second-order valence-electron chi connectivity index (χ2n) is 5.88. The number of nitrogens with one attached hydrogen (secondary N) is 2. The summed E-state index contributed by atoms with van der Waals surface area (Å²) in [6, 6.07) is 20.5. The van der Waals surface area contributed by atoms with Crippen LogP contribution < -0.4 is 10.1 Å². The lowest BCUT2D eigenvalue weighted by Crippen LogP contribution is -2.13. The molecule has 0 aliphatic rings. The maximum absolute atomic E-state index is 12.6. The fourth-order valence-electron chi connectivity index (χ4n) is 2.70. The largest absolute Gasteiger partial charge is 0.489 e. The van der Waals surface area contributed by atoms with Crippen molar-refractivity contribution in [1.29, 1.82) is 0 Å². The van der Waals surface area contributed by atoms with E-state index in [-0.39, 0.29) is 18.3 Å². The maximum atomic E-state index is 12.6. The standard InChI is InChI=1S/C21H17N3O3/c25-21(23-17-6-4-5-15(13-17)19-9-11-22-24-19)20-16(10-12-26-20)14-27-18-7-2-1-3-8-18/h1-13H,14H2,(H,22,24)(H,23,25). The van der Waals surface area contributed by atoms with E-state index in [4.69, 9.17) is 9.15 Å². The van der Waals surface area contributed by atoms with Crippen LogP contribution in [0.4, 0.5) is 5.69 Å². The van der Waals surface area contributed by atoms with Gasteiger partial charge in [-0.15, -0.1) is 0 Å². The quantitative estimate of drug-likeness (QED) is 0.531. The van der Waals surface area contributed by atoms with Crippen molar-refractivity contribution in [1.82, 2.24) is 10.2 Å². The predicted molar refractivity (Wildman–Crippen MR) is 101 cm³/mol. The van der Waals surface area contributed by atoms with Crippen LogP contribution in [0.3, 0.4) is 0 Å². The van der Waals surface area contributed by atoms with Gasteiger partial charge in [-0.3, -0.25) is 9.89 Å². The summed E-state index contributed by atoms with van der Waals surface area (Å²) in [5.74, 6) is 0.642. The normalized spacial score (nSPS) is 10.5. The van der Waals surface area contributed by atoms with Crippen molar-refractivity contribution in [2.24, 2.45) is 0 Å². The van der Waals surface area contributed by atoms with Crippen LogP contribution in [0, 0.1) is 0 Å². The van der Waals surface area contributed by atoms with Gasteiger partial charge >= 0.3 is 0 Å². The third kappa shape index (κ3) is 3.90. The summed E-state index contributed by atoms with van der Waals surface area (Å²) in [4.78, 5) is 12.6. The molecule has 4 aromatic rings. The summed E-state index contributed by atoms with van der Waals surface area (Å²) in [7, 11) is 0. The van der Waals surface area contributed by atoms with Gasteiger partial charge in [0.2, 0.25) is 0 Å². The number of aromatic nitrogens is 2. The Hall–Kier alpha value is -3.80. The number of para-hydroxylation sites is 1. The Balaban J connectivity index is 1.46. The van der Waals surface area contributed by atoms with Gasteiger partial charge in [0.25, 0.3) is 5.91 Å². The van der Waals surface area contributed by atoms with Crippen molar-refractivity contribution in [3.8, 4) is 17.0 Å². The van der Waals surface area contributed by atoms with Gasteiger partial charge in [-0.25, -0.2) is 0 Å². The number of furan rings is 1. The minimum atomic E-state index is -0.326. The number of aromatic amines is 1. The molecule has 0 fully saturated rings. The first-order chi connectivity index (χ1) is 13.3. The maximum Gasteiger partial charge on any atom is 0.291 e. The first-order valence-electron chi connectivity index (χ1n) is 8.45. The Bertz CT molecular complexity index is 1020. The van der Waals surface area contributed by atoms with Crippen LogP contribution in [-0.2, 0) is 6.61 Å². The molecule has 6 nitrogen and oxygen atoms in total. The number of amides is 1. The van der Waals surface area contributed by atoms with Crippen LogP contribution in [0.1, 0.15) is 16.1 Å². The van der Waals surface area contributed by atoms with Crippen LogP contribution in [0.5, 0.6) is 5.75 Å². The second-order valence-corrected chi connectivity index (χ2v) is 5.88. The molecule has 0 aliphatic heterocycles. The Kier molecular flexibility index (Phi) is 4.70. The van der Waals surface area contributed by atoms with Gasteiger partial charge in [-0.05, 0) is 36.4 Å². The molecule has 0 radical (unpaired) electrons. The highest BCUT2D eigenvalue weighted by atomic mass is 16.5. The van der Waals surface area contributed by atoms with Gasteiger partial charge in [0.15, 0.2) is 5.76 Å². The van der Waals surface area contributed by atoms with Gasteiger partial charge in [-0.2, -0.15) is 5.10 Å². The summed E-state index contributed by atoms with van der Waals surface area (Å²) in [5, 5.41) is 9.71. The molecule has 0 spiro atoms. The first-order valence-corrected chi connectivity index (χ1v) is 8.45. The molecule has 0 saturated carbocycles. The molecular weight excluding hydrogens is 342 g/mol. The number of hydrogen-bond acceptors (Lipinski definition) is 4. The Morgan fingerprint density at radius 1 is 1.07 bits per heavy atom. The molecule has 2 aromatic heterocycles. The van der Waals surface area contributed by atoms with Crippen molar-refractivity contribution in [3.63, 3.8) is 0 Å². The zero-order valence-corrected chi connectivity index (χ0v) is 14.4. The monoisotopic (exact) mass is 359 g/mol. The van der Waals surface area contributed by atoms with E-state index in [0.717, 1.165) is 17.0 Å². The van der Waals surface area contributed by atoms with E-state index in [0.29, 0.717) is 11.3 Å². The number of ether oxygens (including phenoxy) is 1. The second kappa shape index (κ2) is 7.61. The number of anilines is 1. The molecule has 1 amide bonds. The predicted octanol–water partition coefficient (Wildman–Crippen LogP) is 4.50. The highest BCUT2D eigenvalue weighted by Crippen LogP contribution is 2.22. The van der Waals surface area contributed by atoms with Crippen LogP contribution >= 0.6 is 0 Å². The zero-order chi connectivity index (χ0) is 18.5. The summed E-state index contributed by atoms with van der Waals surface area (Å²) >= 11 is 0. The van der Waals surface area contributed by atoms with Crippen LogP contribution in [0.2, 0.25) is 0 Å². The molecule has 2 N–H and O–H groups in total. The lowest BCUT2D eigenvalue weighted by atomic mass is 10.1. The Labute approximate surface area is 155 Å². The van der Waals surface area contributed by atoms with Gasteiger partial charge in [-0.1, -0.05) is 30.3 Å². The lowest BCUT2D eigenvalue weighted by molar-refractivity contribution is 0.0993. The van der Waals surface area contributed by atoms with Crippen molar-refractivity contribution in [2.45, 2.75) is 6.61 Å². The van der Waals surface area contributed by atoms with Gasteiger partial charge in [0.05, 0.1) is 12.0 Å². The molecular formula is C21H17N3O3. The topological polar surface area (TPSA) is 80.2 Å². The molecule has 0 saturated heterocycles. The number of H-pyrrole nitrogens is 1. The molecule has 2 aromatic carbocycles. The average Bonchev–Trinajstić information content (AvgIpc) is 3.39. The number of rotatable bonds is 6. The van der Waals surface area contributed by atoms with E-state index in [9.17, 15) is 4.79 Å². The minimum absolute atomic E-state index is 0.234. The van der Waals surface area contributed by atoms with Crippen molar-refractivity contribution in [2.75, 3.05) is 5.32 Å². The molecule has 0 bridgehead atoms. The number of hydrogen-bond donors (Lipinski definition) is 2. The number of nitrogens with zero attached hydrogens (tertiary/aromatic N) is 1. The lowest BCUT2D eigenvalue weighted by Gasteiger charge is -2.08. The van der Waals surface area contributed by atoms with Gasteiger partial charge in [0.1, 0.15) is 12.4 Å². The molecule has 6 heteroatoms. The van der Waals surface area contributed by atoms with Crippen LogP contribution in [-0.4, -0.2) is 16.1 Å². The molecule has 4 rings (SSSR count). The number of benzene rings is 2. The van der Waals surface area contributed by atoms with Crippen LogP contribution in [0.15, 0.2) is 83.6 Å². The zero-order valence-electron chi connectivity index (χ0n) is 14.4.